The molecule has 40 heavy (non-hydrogen) atoms. The molecule has 1 aromatic heterocycles. The van der Waals surface area contributed by atoms with Gasteiger partial charge in [0.15, 0.2) is 5.13 Å². The average molecular weight is 559 g/mol. The Hall–Kier alpha value is -4.17. The number of hydrogen-bond donors (Lipinski definition) is 1. The molecule has 0 spiro atoms. The molecule has 0 saturated heterocycles. The molecule has 1 heterocycles. The maximum absolute atomic E-state index is 13.4. The molecular formula is C32H34N2O5S. The smallest absolute Gasteiger partial charge is 0.339 e. The summed E-state index contributed by atoms with van der Waals surface area (Å²) in [5.74, 6) is -0.313. The molecule has 7 nitrogen and oxygen atoms in total. The molecule has 4 rings (SSSR count). The summed E-state index contributed by atoms with van der Waals surface area (Å²) in [6, 6.07) is 22.0. The lowest BCUT2D eigenvalue weighted by Gasteiger charge is -2.18. The van der Waals surface area contributed by atoms with Crippen LogP contribution in [0.3, 0.4) is 0 Å². The maximum Gasteiger partial charge on any atom is 0.339 e. The van der Waals surface area contributed by atoms with Gasteiger partial charge in [-0.2, -0.15) is 0 Å². The number of anilines is 1. The van der Waals surface area contributed by atoms with Crippen molar-refractivity contribution in [3.05, 3.63) is 94.9 Å². The van der Waals surface area contributed by atoms with Crippen molar-refractivity contribution in [2.45, 2.75) is 45.1 Å². The molecule has 0 fully saturated rings. The summed E-state index contributed by atoms with van der Waals surface area (Å²) >= 11 is 1.32. The zero-order valence-electron chi connectivity index (χ0n) is 23.0. The van der Waals surface area contributed by atoms with Gasteiger partial charge < -0.3 is 14.2 Å². The Morgan fingerprint density at radius 3 is 2.25 bits per heavy atom. The van der Waals surface area contributed by atoms with Crippen molar-refractivity contribution >= 4 is 28.3 Å². The number of nitrogens with zero attached hydrogens (tertiary/aromatic N) is 1. The van der Waals surface area contributed by atoms with Crippen LogP contribution >= 0.6 is 11.3 Å². The van der Waals surface area contributed by atoms with Gasteiger partial charge in [-0.25, -0.2) is 9.78 Å². The van der Waals surface area contributed by atoms with Crippen LogP contribution in [0.2, 0.25) is 0 Å². The highest BCUT2D eigenvalue weighted by Gasteiger charge is 2.27. The lowest BCUT2D eigenvalue weighted by molar-refractivity contribution is -0.125. The van der Waals surface area contributed by atoms with Gasteiger partial charge in [0, 0.05) is 22.6 Å². The third-order valence-electron chi connectivity index (χ3n) is 6.46. The Bertz CT molecular complexity index is 1380. The Labute approximate surface area is 239 Å². The van der Waals surface area contributed by atoms with Crippen LogP contribution in [0.4, 0.5) is 5.13 Å². The van der Waals surface area contributed by atoms with Crippen molar-refractivity contribution in [2.24, 2.45) is 0 Å². The van der Waals surface area contributed by atoms with Crippen LogP contribution in [0.25, 0.3) is 11.3 Å². The number of aromatic nitrogens is 1. The molecule has 4 aromatic rings. The third kappa shape index (κ3) is 7.70. The summed E-state index contributed by atoms with van der Waals surface area (Å²) in [4.78, 5) is 31.1. The highest BCUT2D eigenvalue weighted by molar-refractivity contribution is 7.14. The summed E-state index contributed by atoms with van der Waals surface area (Å²) in [5.41, 5.74) is 3.80. The van der Waals surface area contributed by atoms with Crippen molar-refractivity contribution in [3.8, 4) is 22.8 Å². The van der Waals surface area contributed by atoms with Crippen molar-refractivity contribution in [3.63, 3.8) is 0 Å². The van der Waals surface area contributed by atoms with Crippen molar-refractivity contribution in [1.82, 2.24) is 4.98 Å². The monoisotopic (exact) mass is 558 g/mol. The van der Waals surface area contributed by atoms with Crippen molar-refractivity contribution in [1.29, 1.82) is 0 Å². The number of thiazole rings is 1. The molecule has 0 bridgehead atoms. The van der Waals surface area contributed by atoms with E-state index in [-0.39, 0.29) is 5.56 Å². The number of unbranched alkanes of at least 4 members (excludes halogenated alkanes) is 3. The largest absolute Gasteiger partial charge is 0.497 e. The van der Waals surface area contributed by atoms with E-state index in [0.29, 0.717) is 22.2 Å². The van der Waals surface area contributed by atoms with Crippen LogP contribution in [0, 0.1) is 0 Å². The highest BCUT2D eigenvalue weighted by atomic mass is 32.1. The average Bonchev–Trinajstić information content (AvgIpc) is 3.46. The SMILES string of the molecule is CCCCCCc1ccc(-c2csc(NC(=O)[C@@H](OC(=O)c3cc(OC)cc(OC)c3)c3ccccc3)n2)cc1. The van der Waals surface area contributed by atoms with Gasteiger partial charge in [-0.3, -0.25) is 10.1 Å². The van der Waals surface area contributed by atoms with E-state index in [1.54, 1.807) is 30.3 Å². The zero-order chi connectivity index (χ0) is 28.3. The van der Waals surface area contributed by atoms with Crippen LogP contribution in [-0.4, -0.2) is 31.1 Å². The summed E-state index contributed by atoms with van der Waals surface area (Å²) in [6.07, 6.45) is 4.82. The molecule has 0 aliphatic rings. The molecule has 0 aliphatic heterocycles. The summed E-state index contributed by atoms with van der Waals surface area (Å²) in [7, 11) is 2.99. The zero-order valence-corrected chi connectivity index (χ0v) is 23.8. The fourth-order valence-corrected chi connectivity index (χ4v) is 4.96. The molecule has 3 aromatic carbocycles. The number of aryl methyl sites for hydroxylation is 1. The van der Waals surface area contributed by atoms with E-state index in [9.17, 15) is 9.59 Å². The van der Waals surface area contributed by atoms with E-state index < -0.39 is 18.0 Å². The van der Waals surface area contributed by atoms with E-state index in [2.05, 4.69) is 41.5 Å². The number of carbonyl (C=O) groups is 2. The van der Waals surface area contributed by atoms with Crippen LogP contribution in [0.5, 0.6) is 11.5 Å². The normalized spacial score (nSPS) is 11.5. The van der Waals surface area contributed by atoms with Gasteiger partial charge in [-0.1, -0.05) is 80.8 Å². The molecule has 1 atom stereocenters. The minimum absolute atomic E-state index is 0.204. The Morgan fingerprint density at radius 1 is 0.900 bits per heavy atom. The van der Waals surface area contributed by atoms with Gasteiger partial charge in [0.2, 0.25) is 6.10 Å². The molecule has 1 N–H and O–H groups in total. The van der Waals surface area contributed by atoms with Gasteiger partial charge in [0.05, 0.1) is 25.5 Å². The minimum atomic E-state index is -1.19. The predicted octanol–water partition coefficient (Wildman–Crippen LogP) is 7.49. The number of rotatable bonds is 13. The Morgan fingerprint density at radius 2 is 1.60 bits per heavy atom. The first-order chi connectivity index (χ1) is 19.5. The van der Waals surface area contributed by atoms with Gasteiger partial charge in [0.1, 0.15) is 11.5 Å². The first kappa shape index (κ1) is 28.8. The van der Waals surface area contributed by atoms with Crippen LogP contribution in [0.15, 0.2) is 78.2 Å². The summed E-state index contributed by atoms with van der Waals surface area (Å²) in [6.45, 7) is 2.22. The molecule has 0 radical (unpaired) electrons. The van der Waals surface area contributed by atoms with E-state index >= 15 is 0 Å². The van der Waals surface area contributed by atoms with Crippen molar-refractivity contribution < 1.29 is 23.8 Å². The Balaban J connectivity index is 1.47. The number of methoxy groups -OCH3 is 2. The van der Waals surface area contributed by atoms with Gasteiger partial charge in [-0.15, -0.1) is 11.3 Å². The second-order valence-electron chi connectivity index (χ2n) is 9.33. The lowest BCUT2D eigenvalue weighted by Crippen LogP contribution is -2.26. The number of carbonyl (C=O) groups excluding carboxylic acids is 2. The van der Waals surface area contributed by atoms with E-state index in [1.807, 2.05) is 11.4 Å². The number of amides is 1. The van der Waals surface area contributed by atoms with Crippen LogP contribution < -0.4 is 14.8 Å². The van der Waals surface area contributed by atoms with Crippen LogP contribution in [0.1, 0.15) is 60.2 Å². The van der Waals surface area contributed by atoms with Gasteiger partial charge in [0.25, 0.3) is 5.91 Å². The minimum Gasteiger partial charge on any atom is -0.497 e. The predicted molar refractivity (Wildman–Crippen MR) is 158 cm³/mol. The number of nitrogens with one attached hydrogen (secondary N) is 1. The number of ether oxygens (including phenoxy) is 3. The van der Waals surface area contributed by atoms with E-state index in [0.717, 1.165) is 17.7 Å². The molecule has 0 unspecified atom stereocenters. The standard InChI is InChI=1S/C32H34N2O5S/c1-4-5-6-8-11-22-14-16-23(17-15-22)28-21-40-32(33-28)34-30(35)29(24-12-9-7-10-13-24)39-31(36)25-18-26(37-2)20-27(19-25)38-3/h7,9-10,12-21,29H,4-6,8,11H2,1-3H3,(H,33,34,35)/t29-/m0/s1. The van der Waals surface area contributed by atoms with E-state index in [4.69, 9.17) is 14.2 Å². The molecule has 208 valence electrons. The fraction of sp³-hybridized carbons (Fsp3) is 0.281. The summed E-state index contributed by atoms with van der Waals surface area (Å²) in [5, 5.41) is 5.15. The van der Waals surface area contributed by atoms with Gasteiger partial charge in [-0.05, 0) is 30.5 Å². The Kier molecular flexibility index (Phi) is 10.3. The maximum atomic E-state index is 13.4. The molecule has 0 saturated carbocycles. The van der Waals surface area contributed by atoms with E-state index in [1.165, 1.54) is 68.9 Å². The van der Waals surface area contributed by atoms with Gasteiger partial charge >= 0.3 is 5.97 Å². The summed E-state index contributed by atoms with van der Waals surface area (Å²) < 4.78 is 16.2. The second-order valence-corrected chi connectivity index (χ2v) is 10.2. The quantitative estimate of drug-likeness (QED) is 0.135. The first-order valence-corrected chi connectivity index (χ1v) is 14.2. The second kappa shape index (κ2) is 14.3. The first-order valence-electron chi connectivity index (χ1n) is 13.4. The molecule has 0 aliphatic carbocycles. The lowest BCUT2D eigenvalue weighted by atomic mass is 10.0. The topological polar surface area (TPSA) is 86.8 Å². The number of benzene rings is 3. The third-order valence-corrected chi connectivity index (χ3v) is 7.21. The number of esters is 1. The fourth-order valence-electron chi connectivity index (χ4n) is 4.23. The molecule has 8 heteroatoms. The molecular weight excluding hydrogens is 524 g/mol. The van der Waals surface area contributed by atoms with Crippen molar-refractivity contribution in [2.75, 3.05) is 19.5 Å². The molecule has 1 amide bonds. The number of hydrogen-bond acceptors (Lipinski definition) is 7. The van der Waals surface area contributed by atoms with Crippen LogP contribution in [-0.2, 0) is 16.0 Å². The highest BCUT2D eigenvalue weighted by Crippen LogP contribution is 2.29.